The van der Waals surface area contributed by atoms with Crippen molar-refractivity contribution in [1.29, 1.82) is 0 Å². The molecule has 1 fully saturated rings. The highest BCUT2D eigenvalue weighted by Gasteiger charge is 2.29. The van der Waals surface area contributed by atoms with Gasteiger partial charge in [0.2, 0.25) is 5.91 Å². The van der Waals surface area contributed by atoms with Crippen molar-refractivity contribution in [3.8, 4) is 0 Å². The molecule has 0 aliphatic carbocycles. The number of hydrogen-bond acceptors (Lipinski definition) is 3. The highest BCUT2D eigenvalue weighted by molar-refractivity contribution is 5.78. The van der Waals surface area contributed by atoms with Gasteiger partial charge in [0, 0.05) is 19.6 Å². The quantitative estimate of drug-likeness (QED) is 0.900. The first-order chi connectivity index (χ1) is 10.00. The molecule has 1 N–H and O–H groups in total. The standard InChI is InChI=1S/C17H26N2O2/c1-3-19(12-15-8-5-4-6-9-15)16(20)13-18-11-7-10-17(2,21)14-18/h4-6,8-9,21H,3,7,10-14H2,1-2H3. The summed E-state index contributed by atoms with van der Waals surface area (Å²) < 4.78 is 0. The Morgan fingerprint density at radius 3 is 2.71 bits per heavy atom. The van der Waals surface area contributed by atoms with Crippen molar-refractivity contribution >= 4 is 5.91 Å². The molecule has 4 heteroatoms. The minimum Gasteiger partial charge on any atom is -0.389 e. The summed E-state index contributed by atoms with van der Waals surface area (Å²) in [5.41, 5.74) is 0.494. The van der Waals surface area contributed by atoms with Gasteiger partial charge in [0.15, 0.2) is 0 Å². The third kappa shape index (κ3) is 4.83. The number of rotatable bonds is 5. The summed E-state index contributed by atoms with van der Waals surface area (Å²) in [6.07, 6.45) is 1.77. The number of carbonyl (C=O) groups excluding carboxylic acids is 1. The van der Waals surface area contributed by atoms with Crippen LogP contribution < -0.4 is 0 Å². The molecule has 1 unspecified atom stereocenters. The summed E-state index contributed by atoms with van der Waals surface area (Å²) >= 11 is 0. The first-order valence-electron chi connectivity index (χ1n) is 7.76. The molecule has 1 aromatic carbocycles. The first kappa shape index (κ1) is 16.0. The maximum atomic E-state index is 12.5. The van der Waals surface area contributed by atoms with E-state index < -0.39 is 5.60 Å². The fourth-order valence-corrected chi connectivity index (χ4v) is 2.93. The van der Waals surface area contributed by atoms with Gasteiger partial charge in [-0.15, -0.1) is 0 Å². The Balaban J connectivity index is 1.91. The fraction of sp³-hybridized carbons (Fsp3) is 0.588. The monoisotopic (exact) mass is 290 g/mol. The molecule has 1 saturated heterocycles. The summed E-state index contributed by atoms with van der Waals surface area (Å²) in [7, 11) is 0. The minimum atomic E-state index is -0.658. The van der Waals surface area contributed by atoms with E-state index in [1.54, 1.807) is 0 Å². The van der Waals surface area contributed by atoms with Crippen LogP contribution in [0.1, 0.15) is 32.3 Å². The lowest BCUT2D eigenvalue weighted by Crippen LogP contribution is -2.49. The Hall–Kier alpha value is -1.39. The van der Waals surface area contributed by atoms with Crippen molar-refractivity contribution < 1.29 is 9.90 Å². The number of benzene rings is 1. The maximum absolute atomic E-state index is 12.5. The molecule has 0 aromatic heterocycles. The molecular formula is C17H26N2O2. The smallest absolute Gasteiger partial charge is 0.237 e. The molecule has 2 rings (SSSR count). The number of aliphatic hydroxyl groups is 1. The van der Waals surface area contributed by atoms with Crippen LogP contribution in [0.25, 0.3) is 0 Å². The normalized spacial score (nSPS) is 23.0. The zero-order chi connectivity index (χ0) is 15.3. The number of likely N-dealkylation sites (tertiary alicyclic amines) is 1. The lowest BCUT2D eigenvalue weighted by Gasteiger charge is -2.37. The average molecular weight is 290 g/mol. The zero-order valence-corrected chi connectivity index (χ0v) is 13.1. The van der Waals surface area contributed by atoms with Crippen molar-refractivity contribution in [2.24, 2.45) is 0 Å². The lowest BCUT2D eigenvalue weighted by molar-refractivity contribution is -0.134. The Morgan fingerprint density at radius 1 is 1.38 bits per heavy atom. The number of hydrogen-bond donors (Lipinski definition) is 1. The number of carbonyl (C=O) groups is 1. The Morgan fingerprint density at radius 2 is 2.10 bits per heavy atom. The highest BCUT2D eigenvalue weighted by Crippen LogP contribution is 2.20. The third-order valence-corrected chi connectivity index (χ3v) is 4.06. The number of β-amino-alcohol motifs (C(OH)–C–C–N with tert-alkyl or cyclic N) is 1. The van der Waals surface area contributed by atoms with Gasteiger partial charge in [-0.25, -0.2) is 0 Å². The van der Waals surface area contributed by atoms with Crippen LogP contribution in [0.5, 0.6) is 0 Å². The molecule has 1 aliphatic rings. The number of likely N-dealkylation sites (N-methyl/N-ethyl adjacent to an activating group) is 1. The van der Waals surface area contributed by atoms with Gasteiger partial charge in [0.25, 0.3) is 0 Å². The van der Waals surface area contributed by atoms with E-state index in [0.29, 0.717) is 26.2 Å². The van der Waals surface area contributed by atoms with Crippen LogP contribution in [0.3, 0.4) is 0 Å². The molecule has 1 atom stereocenters. The molecule has 1 amide bonds. The van der Waals surface area contributed by atoms with E-state index in [2.05, 4.69) is 4.90 Å². The summed E-state index contributed by atoms with van der Waals surface area (Å²) in [5.74, 6) is 0.138. The van der Waals surface area contributed by atoms with Gasteiger partial charge < -0.3 is 10.0 Å². The van der Waals surface area contributed by atoms with Gasteiger partial charge in [-0.05, 0) is 38.8 Å². The number of piperidine rings is 1. The largest absolute Gasteiger partial charge is 0.389 e. The van der Waals surface area contributed by atoms with Crippen molar-refractivity contribution in [2.45, 2.75) is 38.8 Å². The lowest BCUT2D eigenvalue weighted by atomic mass is 9.95. The third-order valence-electron chi connectivity index (χ3n) is 4.06. The molecule has 0 saturated carbocycles. The molecule has 0 radical (unpaired) electrons. The summed E-state index contributed by atoms with van der Waals surface area (Å²) in [6.45, 7) is 7.10. The van der Waals surface area contributed by atoms with Crippen molar-refractivity contribution in [2.75, 3.05) is 26.2 Å². The van der Waals surface area contributed by atoms with Crippen LogP contribution in [0.2, 0.25) is 0 Å². The summed E-state index contributed by atoms with van der Waals surface area (Å²) in [4.78, 5) is 16.4. The predicted molar refractivity (Wildman–Crippen MR) is 83.8 cm³/mol. The SMILES string of the molecule is CCN(Cc1ccccc1)C(=O)CN1CCCC(C)(O)C1. The maximum Gasteiger partial charge on any atom is 0.237 e. The van der Waals surface area contributed by atoms with E-state index >= 15 is 0 Å². The van der Waals surface area contributed by atoms with Gasteiger partial charge in [0.1, 0.15) is 0 Å². The second-order valence-corrected chi connectivity index (χ2v) is 6.20. The molecule has 1 aliphatic heterocycles. The molecule has 21 heavy (non-hydrogen) atoms. The van der Waals surface area contributed by atoms with E-state index in [1.807, 2.05) is 49.1 Å². The van der Waals surface area contributed by atoms with E-state index in [-0.39, 0.29) is 5.91 Å². The average Bonchev–Trinajstić information content (AvgIpc) is 2.44. The summed E-state index contributed by atoms with van der Waals surface area (Å²) in [5, 5.41) is 10.1. The highest BCUT2D eigenvalue weighted by atomic mass is 16.3. The predicted octanol–water partition coefficient (Wildman–Crippen LogP) is 1.88. The zero-order valence-electron chi connectivity index (χ0n) is 13.1. The Labute approximate surface area is 127 Å². The van der Waals surface area contributed by atoms with Crippen molar-refractivity contribution in [3.63, 3.8) is 0 Å². The first-order valence-corrected chi connectivity index (χ1v) is 7.76. The fourth-order valence-electron chi connectivity index (χ4n) is 2.93. The van der Waals surface area contributed by atoms with Crippen LogP contribution in [0.15, 0.2) is 30.3 Å². The molecule has 1 heterocycles. The van der Waals surface area contributed by atoms with E-state index in [1.165, 1.54) is 0 Å². The van der Waals surface area contributed by atoms with E-state index in [0.717, 1.165) is 24.9 Å². The molecular weight excluding hydrogens is 264 g/mol. The minimum absolute atomic E-state index is 0.138. The second-order valence-electron chi connectivity index (χ2n) is 6.20. The van der Waals surface area contributed by atoms with Gasteiger partial charge in [-0.1, -0.05) is 30.3 Å². The van der Waals surface area contributed by atoms with E-state index in [4.69, 9.17) is 0 Å². The molecule has 1 aromatic rings. The van der Waals surface area contributed by atoms with E-state index in [9.17, 15) is 9.90 Å². The van der Waals surface area contributed by atoms with Crippen molar-refractivity contribution in [1.82, 2.24) is 9.80 Å². The van der Waals surface area contributed by atoms with Crippen LogP contribution >= 0.6 is 0 Å². The number of amides is 1. The molecule has 0 spiro atoms. The van der Waals surface area contributed by atoms with Gasteiger partial charge >= 0.3 is 0 Å². The Bertz CT molecular complexity index is 459. The molecule has 116 valence electrons. The van der Waals surface area contributed by atoms with Crippen LogP contribution in [0.4, 0.5) is 0 Å². The number of nitrogens with zero attached hydrogens (tertiary/aromatic N) is 2. The topological polar surface area (TPSA) is 43.8 Å². The van der Waals surface area contributed by atoms with Crippen LogP contribution in [0, 0.1) is 0 Å². The van der Waals surface area contributed by atoms with Crippen LogP contribution in [-0.4, -0.2) is 52.6 Å². The van der Waals surface area contributed by atoms with Crippen LogP contribution in [-0.2, 0) is 11.3 Å². The molecule has 0 bridgehead atoms. The van der Waals surface area contributed by atoms with Gasteiger partial charge in [-0.3, -0.25) is 9.69 Å². The molecule has 4 nitrogen and oxygen atoms in total. The summed E-state index contributed by atoms with van der Waals surface area (Å²) in [6, 6.07) is 10.1. The second kappa shape index (κ2) is 7.05. The van der Waals surface area contributed by atoms with Crippen molar-refractivity contribution in [3.05, 3.63) is 35.9 Å². The van der Waals surface area contributed by atoms with Gasteiger partial charge in [-0.2, -0.15) is 0 Å². The van der Waals surface area contributed by atoms with Gasteiger partial charge in [0.05, 0.1) is 12.1 Å². The Kier molecular flexibility index (Phi) is 5.37.